The van der Waals surface area contributed by atoms with Crippen molar-refractivity contribution in [2.24, 2.45) is 0 Å². The summed E-state index contributed by atoms with van der Waals surface area (Å²) in [6, 6.07) is 0.464. The van der Waals surface area contributed by atoms with Crippen molar-refractivity contribution in [3.8, 4) is 0 Å². The fourth-order valence-electron chi connectivity index (χ4n) is 2.01. The second kappa shape index (κ2) is 8.86. The van der Waals surface area contributed by atoms with Crippen LogP contribution in [0.3, 0.4) is 0 Å². The summed E-state index contributed by atoms with van der Waals surface area (Å²) in [5.74, 6) is 0.992. The zero-order valence-electron chi connectivity index (χ0n) is 12.8. The van der Waals surface area contributed by atoms with Crippen LogP contribution in [0, 0.1) is 0 Å². The summed E-state index contributed by atoms with van der Waals surface area (Å²) < 4.78 is 0. The molecule has 0 saturated heterocycles. The van der Waals surface area contributed by atoms with Gasteiger partial charge in [-0.2, -0.15) is 0 Å². The van der Waals surface area contributed by atoms with E-state index in [2.05, 4.69) is 47.9 Å². The molecule has 0 aliphatic heterocycles. The molecular formula is C15H28N4. The van der Waals surface area contributed by atoms with Crippen molar-refractivity contribution < 1.29 is 0 Å². The Balaban J connectivity index is 2.63. The molecular weight excluding hydrogens is 236 g/mol. The van der Waals surface area contributed by atoms with Crippen molar-refractivity contribution in [3.63, 3.8) is 0 Å². The van der Waals surface area contributed by atoms with Gasteiger partial charge < -0.3 is 10.2 Å². The van der Waals surface area contributed by atoms with Crippen LogP contribution < -0.4 is 10.2 Å². The molecule has 0 amide bonds. The molecule has 0 fully saturated rings. The van der Waals surface area contributed by atoms with Gasteiger partial charge in [-0.25, -0.2) is 4.98 Å². The van der Waals surface area contributed by atoms with E-state index >= 15 is 0 Å². The molecule has 1 heterocycles. The largest absolute Gasteiger partial charge is 0.353 e. The van der Waals surface area contributed by atoms with Gasteiger partial charge in [0.05, 0.1) is 18.1 Å². The molecule has 0 aliphatic carbocycles. The molecule has 1 aromatic rings. The number of rotatable bonds is 9. The maximum atomic E-state index is 4.56. The predicted octanol–water partition coefficient (Wildman–Crippen LogP) is 2.99. The molecule has 4 heteroatoms. The van der Waals surface area contributed by atoms with Gasteiger partial charge in [-0.15, -0.1) is 0 Å². The minimum atomic E-state index is 0.464. The highest BCUT2D eigenvalue weighted by atomic mass is 15.2. The Hall–Kier alpha value is -1.16. The Morgan fingerprint density at radius 1 is 1.16 bits per heavy atom. The number of hydrogen-bond donors (Lipinski definition) is 1. The molecule has 0 aliphatic rings. The molecule has 108 valence electrons. The smallest absolute Gasteiger partial charge is 0.147 e. The quantitative estimate of drug-likeness (QED) is 0.696. The fourth-order valence-corrected chi connectivity index (χ4v) is 2.01. The van der Waals surface area contributed by atoms with Crippen molar-refractivity contribution in [3.05, 3.63) is 18.1 Å². The Bertz CT molecular complexity index is 335. The zero-order chi connectivity index (χ0) is 14.1. The van der Waals surface area contributed by atoms with Gasteiger partial charge in [-0.1, -0.05) is 26.7 Å². The molecule has 4 nitrogen and oxygen atoms in total. The maximum Gasteiger partial charge on any atom is 0.147 e. The van der Waals surface area contributed by atoms with Crippen LogP contribution in [0.25, 0.3) is 0 Å². The highest BCUT2D eigenvalue weighted by Gasteiger charge is 2.11. The fraction of sp³-hybridized carbons (Fsp3) is 0.733. The monoisotopic (exact) mass is 264 g/mol. The lowest BCUT2D eigenvalue weighted by atomic mass is 10.2. The Morgan fingerprint density at radius 2 is 1.95 bits per heavy atom. The number of aromatic nitrogens is 2. The van der Waals surface area contributed by atoms with E-state index in [1.165, 1.54) is 19.3 Å². The van der Waals surface area contributed by atoms with Crippen LogP contribution in [0.2, 0.25) is 0 Å². The van der Waals surface area contributed by atoms with Gasteiger partial charge in [-0.05, 0) is 26.8 Å². The topological polar surface area (TPSA) is 41.1 Å². The van der Waals surface area contributed by atoms with Crippen molar-refractivity contribution in [2.75, 3.05) is 18.0 Å². The third-order valence-corrected chi connectivity index (χ3v) is 3.17. The molecule has 0 radical (unpaired) electrons. The molecule has 0 spiro atoms. The molecule has 1 aromatic heterocycles. The summed E-state index contributed by atoms with van der Waals surface area (Å²) in [4.78, 5) is 11.4. The Morgan fingerprint density at radius 3 is 2.47 bits per heavy atom. The Labute approximate surface area is 117 Å². The average molecular weight is 264 g/mol. The van der Waals surface area contributed by atoms with Crippen LogP contribution in [-0.4, -0.2) is 29.1 Å². The van der Waals surface area contributed by atoms with Gasteiger partial charge in [0.25, 0.3) is 0 Å². The lowest BCUT2D eigenvalue weighted by molar-refractivity contribution is 0.617. The van der Waals surface area contributed by atoms with Crippen LogP contribution in [-0.2, 0) is 6.54 Å². The lowest BCUT2D eigenvalue weighted by Gasteiger charge is -2.27. The maximum absolute atomic E-state index is 4.56. The summed E-state index contributed by atoms with van der Waals surface area (Å²) >= 11 is 0. The SMILES string of the molecule is CCCCCN(c1cnc(CNCC)cn1)C(C)C. The minimum absolute atomic E-state index is 0.464. The third kappa shape index (κ3) is 5.55. The first-order valence-corrected chi connectivity index (χ1v) is 7.47. The highest BCUT2D eigenvalue weighted by molar-refractivity contribution is 5.36. The molecule has 0 atom stereocenters. The van der Waals surface area contributed by atoms with Gasteiger partial charge in [-0.3, -0.25) is 4.98 Å². The molecule has 0 bridgehead atoms. The predicted molar refractivity (Wildman–Crippen MR) is 81.4 cm³/mol. The molecule has 0 unspecified atom stereocenters. The van der Waals surface area contributed by atoms with E-state index in [4.69, 9.17) is 0 Å². The van der Waals surface area contributed by atoms with Crippen molar-refractivity contribution in [1.82, 2.24) is 15.3 Å². The van der Waals surface area contributed by atoms with Crippen molar-refractivity contribution in [2.45, 2.75) is 59.5 Å². The number of unbranched alkanes of at least 4 members (excludes halogenated alkanes) is 2. The number of nitrogens with zero attached hydrogens (tertiary/aromatic N) is 3. The van der Waals surface area contributed by atoms with E-state index in [0.717, 1.165) is 31.1 Å². The van der Waals surface area contributed by atoms with Crippen LogP contribution >= 0.6 is 0 Å². The number of anilines is 1. The van der Waals surface area contributed by atoms with Crippen LogP contribution in [0.15, 0.2) is 12.4 Å². The Kier molecular flexibility index (Phi) is 7.41. The summed E-state index contributed by atoms with van der Waals surface area (Å²) in [5.41, 5.74) is 1.00. The van der Waals surface area contributed by atoms with Crippen molar-refractivity contribution in [1.29, 1.82) is 0 Å². The van der Waals surface area contributed by atoms with Gasteiger partial charge in [0.15, 0.2) is 0 Å². The van der Waals surface area contributed by atoms with E-state index in [0.29, 0.717) is 6.04 Å². The summed E-state index contributed by atoms with van der Waals surface area (Å²) in [6.45, 7) is 11.6. The van der Waals surface area contributed by atoms with Gasteiger partial charge in [0, 0.05) is 19.1 Å². The molecule has 1 rings (SSSR count). The van der Waals surface area contributed by atoms with E-state index in [-0.39, 0.29) is 0 Å². The summed E-state index contributed by atoms with van der Waals surface area (Å²) in [7, 11) is 0. The van der Waals surface area contributed by atoms with Gasteiger partial charge in [0.2, 0.25) is 0 Å². The van der Waals surface area contributed by atoms with E-state index < -0.39 is 0 Å². The third-order valence-electron chi connectivity index (χ3n) is 3.17. The van der Waals surface area contributed by atoms with E-state index in [9.17, 15) is 0 Å². The first kappa shape index (κ1) is 15.9. The van der Waals surface area contributed by atoms with Crippen LogP contribution in [0.4, 0.5) is 5.82 Å². The summed E-state index contributed by atoms with van der Waals surface area (Å²) in [6.07, 6.45) is 7.52. The van der Waals surface area contributed by atoms with Gasteiger partial charge >= 0.3 is 0 Å². The zero-order valence-corrected chi connectivity index (χ0v) is 12.8. The number of hydrogen-bond acceptors (Lipinski definition) is 4. The molecule has 19 heavy (non-hydrogen) atoms. The first-order chi connectivity index (χ1) is 9.19. The highest BCUT2D eigenvalue weighted by Crippen LogP contribution is 2.14. The molecule has 1 N–H and O–H groups in total. The molecule has 0 saturated carbocycles. The lowest BCUT2D eigenvalue weighted by Crippen LogP contribution is -2.32. The standard InChI is InChI=1S/C15H28N4/c1-5-7-8-9-19(13(3)4)15-12-17-14(11-18-15)10-16-6-2/h11-13,16H,5-10H2,1-4H3. The first-order valence-electron chi connectivity index (χ1n) is 7.47. The van der Waals surface area contributed by atoms with E-state index in [1.54, 1.807) is 0 Å². The van der Waals surface area contributed by atoms with E-state index in [1.807, 2.05) is 12.4 Å². The second-order valence-corrected chi connectivity index (χ2v) is 5.14. The average Bonchev–Trinajstić information content (AvgIpc) is 2.42. The number of nitrogens with one attached hydrogen (secondary N) is 1. The van der Waals surface area contributed by atoms with Crippen LogP contribution in [0.5, 0.6) is 0 Å². The summed E-state index contributed by atoms with van der Waals surface area (Å²) in [5, 5.41) is 3.26. The van der Waals surface area contributed by atoms with Crippen molar-refractivity contribution >= 4 is 5.82 Å². The van der Waals surface area contributed by atoms with Crippen LogP contribution in [0.1, 0.15) is 52.7 Å². The van der Waals surface area contributed by atoms with Gasteiger partial charge in [0.1, 0.15) is 5.82 Å². The minimum Gasteiger partial charge on any atom is -0.353 e. The molecule has 0 aromatic carbocycles. The normalized spacial score (nSPS) is 11.0. The second-order valence-electron chi connectivity index (χ2n) is 5.14.